The fourth-order valence-electron chi connectivity index (χ4n) is 3.58. The molecule has 0 spiro atoms. The van der Waals surface area contributed by atoms with Gasteiger partial charge in [-0.3, -0.25) is 9.59 Å². The van der Waals surface area contributed by atoms with Crippen LogP contribution in [0.25, 0.3) is 0 Å². The summed E-state index contributed by atoms with van der Waals surface area (Å²) < 4.78 is 21.2. The van der Waals surface area contributed by atoms with E-state index in [0.717, 1.165) is 11.1 Å². The summed E-state index contributed by atoms with van der Waals surface area (Å²) in [5, 5.41) is 5.84. The summed E-state index contributed by atoms with van der Waals surface area (Å²) in [6.45, 7) is 0.136. The predicted molar refractivity (Wildman–Crippen MR) is 125 cm³/mol. The summed E-state index contributed by atoms with van der Waals surface area (Å²) in [7, 11) is 3.18. The topological polar surface area (TPSA) is 95.1 Å². The van der Waals surface area contributed by atoms with E-state index < -0.39 is 6.17 Å². The summed E-state index contributed by atoms with van der Waals surface area (Å²) >= 11 is 0. The Hall–Kier alpha value is -4.20. The highest BCUT2D eigenvalue weighted by atomic mass is 16.7. The maximum Gasteiger partial charge on any atom is 0.231 e. The Morgan fingerprint density at radius 3 is 1.76 bits per heavy atom. The van der Waals surface area contributed by atoms with E-state index in [1.807, 2.05) is 24.3 Å². The first-order valence-electron chi connectivity index (χ1n) is 10.8. The van der Waals surface area contributed by atoms with Crippen molar-refractivity contribution in [2.75, 3.05) is 21.0 Å². The molecule has 8 nitrogen and oxygen atoms in total. The number of hydrogen-bond acceptors (Lipinski definition) is 6. The normalized spacial score (nSPS) is 11.7. The molecule has 0 aromatic heterocycles. The molecular weight excluding hydrogens is 436 g/mol. The Kier molecular flexibility index (Phi) is 7.17. The number of benzene rings is 3. The van der Waals surface area contributed by atoms with E-state index in [-0.39, 0.29) is 31.4 Å². The third kappa shape index (κ3) is 5.78. The van der Waals surface area contributed by atoms with E-state index in [1.165, 1.54) is 0 Å². The molecule has 0 atom stereocenters. The number of hydrogen-bond donors (Lipinski definition) is 2. The van der Waals surface area contributed by atoms with Gasteiger partial charge in [0.2, 0.25) is 18.6 Å². The number of amides is 2. The zero-order chi connectivity index (χ0) is 23.9. The van der Waals surface area contributed by atoms with Crippen LogP contribution in [-0.2, 0) is 22.4 Å². The number of carbonyl (C=O) groups excluding carboxylic acids is 2. The molecule has 1 aliphatic heterocycles. The standard InChI is InChI=1S/C26H26N2O6/c1-31-20-8-3-17(4-9-20)13-24(29)27-26(19-7-12-22-23(15-19)34-16-33-22)28-25(30)14-18-5-10-21(32-2)11-6-18/h3-12,15,26H,13-14,16H2,1-2H3,(H,27,29)(H,28,30). The summed E-state index contributed by atoms with van der Waals surface area (Å²) in [4.78, 5) is 25.7. The van der Waals surface area contributed by atoms with Crippen molar-refractivity contribution in [1.82, 2.24) is 10.6 Å². The van der Waals surface area contributed by atoms with E-state index >= 15 is 0 Å². The van der Waals surface area contributed by atoms with Gasteiger partial charge in [0.15, 0.2) is 11.5 Å². The van der Waals surface area contributed by atoms with Gasteiger partial charge in [-0.1, -0.05) is 30.3 Å². The number of fused-ring (bicyclic) bond motifs is 1. The summed E-state index contributed by atoms with van der Waals surface area (Å²) in [5.74, 6) is 2.14. The predicted octanol–water partition coefficient (Wildman–Crippen LogP) is 3.15. The summed E-state index contributed by atoms with van der Waals surface area (Å²) in [6.07, 6.45) is -0.440. The van der Waals surface area contributed by atoms with Crippen molar-refractivity contribution < 1.29 is 28.5 Å². The van der Waals surface area contributed by atoms with Crippen molar-refractivity contribution in [1.29, 1.82) is 0 Å². The number of ether oxygens (including phenoxy) is 4. The van der Waals surface area contributed by atoms with E-state index in [4.69, 9.17) is 18.9 Å². The number of methoxy groups -OCH3 is 2. The molecule has 2 amide bonds. The molecule has 0 radical (unpaired) electrons. The minimum Gasteiger partial charge on any atom is -0.497 e. The van der Waals surface area contributed by atoms with Crippen LogP contribution in [0.5, 0.6) is 23.0 Å². The third-order valence-corrected chi connectivity index (χ3v) is 5.39. The van der Waals surface area contributed by atoms with E-state index in [0.29, 0.717) is 28.6 Å². The Balaban J connectivity index is 1.47. The number of carbonyl (C=O) groups is 2. The van der Waals surface area contributed by atoms with Gasteiger partial charge < -0.3 is 29.6 Å². The Bertz CT molecular complexity index is 1080. The van der Waals surface area contributed by atoms with Crippen molar-refractivity contribution in [3.8, 4) is 23.0 Å². The maximum absolute atomic E-state index is 12.8. The zero-order valence-electron chi connectivity index (χ0n) is 19.0. The Labute approximate surface area is 197 Å². The van der Waals surface area contributed by atoms with Crippen molar-refractivity contribution in [2.24, 2.45) is 0 Å². The van der Waals surface area contributed by atoms with Gasteiger partial charge in [0.05, 0.1) is 27.1 Å². The summed E-state index contributed by atoms with van der Waals surface area (Å²) in [6, 6.07) is 19.8. The minimum atomic E-state index is -0.744. The second-order valence-corrected chi connectivity index (χ2v) is 7.73. The van der Waals surface area contributed by atoms with E-state index in [2.05, 4.69) is 10.6 Å². The van der Waals surface area contributed by atoms with Crippen LogP contribution in [0.15, 0.2) is 66.7 Å². The fraction of sp³-hybridized carbons (Fsp3) is 0.231. The van der Waals surface area contributed by atoms with Gasteiger partial charge in [-0.2, -0.15) is 0 Å². The smallest absolute Gasteiger partial charge is 0.231 e. The average Bonchev–Trinajstić information content (AvgIpc) is 3.32. The first-order chi connectivity index (χ1) is 16.5. The lowest BCUT2D eigenvalue weighted by molar-refractivity contribution is -0.123. The SMILES string of the molecule is COc1ccc(CC(=O)NC(NC(=O)Cc2ccc(OC)cc2)c2ccc3c(c2)OCO3)cc1. The first kappa shape index (κ1) is 23.0. The van der Waals surface area contributed by atoms with Gasteiger partial charge in [-0.25, -0.2) is 0 Å². The van der Waals surface area contributed by atoms with Crippen molar-refractivity contribution in [3.05, 3.63) is 83.4 Å². The average molecular weight is 463 g/mol. The number of nitrogens with one attached hydrogen (secondary N) is 2. The van der Waals surface area contributed by atoms with E-state index in [1.54, 1.807) is 56.7 Å². The van der Waals surface area contributed by atoms with E-state index in [9.17, 15) is 9.59 Å². The Morgan fingerprint density at radius 2 is 1.26 bits per heavy atom. The van der Waals surface area contributed by atoms with Crippen LogP contribution in [0.2, 0.25) is 0 Å². The van der Waals surface area contributed by atoms with Gasteiger partial charge in [-0.05, 0) is 53.1 Å². The second kappa shape index (κ2) is 10.6. The molecular formula is C26H26N2O6. The lowest BCUT2D eigenvalue weighted by atomic mass is 10.1. The minimum absolute atomic E-state index is 0.136. The molecule has 0 saturated carbocycles. The Morgan fingerprint density at radius 1 is 0.765 bits per heavy atom. The molecule has 8 heteroatoms. The number of rotatable bonds is 9. The highest BCUT2D eigenvalue weighted by molar-refractivity contribution is 5.82. The molecule has 176 valence electrons. The highest BCUT2D eigenvalue weighted by Crippen LogP contribution is 2.34. The monoisotopic (exact) mass is 462 g/mol. The molecule has 0 aliphatic carbocycles. The third-order valence-electron chi connectivity index (χ3n) is 5.39. The van der Waals surface area contributed by atoms with Gasteiger partial charge in [0.1, 0.15) is 17.7 Å². The molecule has 2 N–H and O–H groups in total. The van der Waals surface area contributed by atoms with Crippen LogP contribution in [-0.4, -0.2) is 32.8 Å². The second-order valence-electron chi connectivity index (χ2n) is 7.73. The first-order valence-corrected chi connectivity index (χ1v) is 10.8. The molecule has 4 rings (SSSR count). The van der Waals surface area contributed by atoms with Gasteiger partial charge in [-0.15, -0.1) is 0 Å². The van der Waals surface area contributed by atoms with Crippen LogP contribution in [0.1, 0.15) is 22.9 Å². The van der Waals surface area contributed by atoms with Gasteiger partial charge in [0.25, 0.3) is 0 Å². The largest absolute Gasteiger partial charge is 0.497 e. The lowest BCUT2D eigenvalue weighted by Crippen LogP contribution is -2.42. The molecule has 0 bridgehead atoms. The molecule has 3 aromatic carbocycles. The van der Waals surface area contributed by atoms with Crippen LogP contribution in [0, 0.1) is 0 Å². The maximum atomic E-state index is 12.8. The van der Waals surface area contributed by atoms with Crippen molar-refractivity contribution in [3.63, 3.8) is 0 Å². The molecule has 1 heterocycles. The van der Waals surface area contributed by atoms with Crippen molar-refractivity contribution in [2.45, 2.75) is 19.0 Å². The summed E-state index contributed by atoms with van der Waals surface area (Å²) in [5.41, 5.74) is 2.33. The molecule has 1 aliphatic rings. The molecule has 0 saturated heterocycles. The van der Waals surface area contributed by atoms with Crippen LogP contribution < -0.4 is 29.6 Å². The molecule has 3 aromatic rings. The molecule has 0 fully saturated rings. The highest BCUT2D eigenvalue weighted by Gasteiger charge is 2.21. The van der Waals surface area contributed by atoms with Crippen LogP contribution >= 0.6 is 0 Å². The fourth-order valence-corrected chi connectivity index (χ4v) is 3.58. The van der Waals surface area contributed by atoms with Crippen LogP contribution in [0.4, 0.5) is 0 Å². The van der Waals surface area contributed by atoms with Gasteiger partial charge in [0, 0.05) is 0 Å². The molecule has 0 unspecified atom stereocenters. The van der Waals surface area contributed by atoms with Crippen LogP contribution in [0.3, 0.4) is 0 Å². The lowest BCUT2D eigenvalue weighted by Gasteiger charge is -2.21. The van der Waals surface area contributed by atoms with Gasteiger partial charge >= 0.3 is 0 Å². The molecule has 34 heavy (non-hydrogen) atoms. The van der Waals surface area contributed by atoms with Crippen molar-refractivity contribution >= 4 is 11.8 Å². The zero-order valence-corrected chi connectivity index (χ0v) is 19.0. The quantitative estimate of drug-likeness (QED) is 0.475.